The molecule has 1 atom stereocenters. The molecule has 7 heteroatoms. The third-order valence-electron chi connectivity index (χ3n) is 5.54. The lowest BCUT2D eigenvalue weighted by Gasteiger charge is -2.32. The predicted molar refractivity (Wildman–Crippen MR) is 102 cm³/mol. The Morgan fingerprint density at radius 3 is 2.85 bits per heavy atom. The molecule has 4 rings (SSSR count). The van der Waals surface area contributed by atoms with E-state index in [1.807, 2.05) is 19.1 Å². The predicted octanol–water partition coefficient (Wildman–Crippen LogP) is 2.14. The molecule has 1 amide bonds. The largest absolute Gasteiger partial charge is 0.370 e. The van der Waals surface area contributed by atoms with Crippen molar-refractivity contribution in [1.29, 1.82) is 0 Å². The third-order valence-corrected chi connectivity index (χ3v) is 5.54. The fourth-order valence-electron chi connectivity index (χ4n) is 3.98. The molecule has 0 unspecified atom stereocenters. The number of halogens is 1. The van der Waals surface area contributed by atoms with Crippen LogP contribution in [-0.4, -0.2) is 46.3 Å². The van der Waals surface area contributed by atoms with Crippen LogP contribution in [0.25, 0.3) is 0 Å². The Morgan fingerprint density at radius 1 is 1.26 bits per heavy atom. The maximum atomic E-state index is 13.1. The number of rotatable bonds is 5. The summed E-state index contributed by atoms with van der Waals surface area (Å²) in [5.41, 5.74) is 3.23. The van der Waals surface area contributed by atoms with E-state index in [1.165, 1.54) is 17.8 Å². The zero-order valence-electron chi connectivity index (χ0n) is 15.7. The number of hydrogen-bond donors (Lipinski definition) is 1. The van der Waals surface area contributed by atoms with E-state index in [0.29, 0.717) is 19.0 Å². The van der Waals surface area contributed by atoms with Gasteiger partial charge in [-0.3, -0.25) is 14.4 Å². The van der Waals surface area contributed by atoms with Gasteiger partial charge in [0.2, 0.25) is 5.91 Å². The summed E-state index contributed by atoms with van der Waals surface area (Å²) in [4.78, 5) is 16.3. The van der Waals surface area contributed by atoms with Crippen LogP contribution >= 0.6 is 0 Å². The number of aromatic nitrogens is 2. The van der Waals surface area contributed by atoms with Gasteiger partial charge in [0.15, 0.2) is 0 Å². The first kappa shape index (κ1) is 18.0. The molecule has 0 radical (unpaired) electrons. The average molecular weight is 371 g/mol. The highest BCUT2D eigenvalue weighted by molar-refractivity contribution is 5.75. The second kappa shape index (κ2) is 7.68. The van der Waals surface area contributed by atoms with E-state index in [2.05, 4.69) is 31.0 Å². The number of fused-ring (bicyclic) bond motifs is 1. The van der Waals surface area contributed by atoms with Crippen molar-refractivity contribution in [3.63, 3.8) is 0 Å². The minimum absolute atomic E-state index is 0.0504. The van der Waals surface area contributed by atoms with Gasteiger partial charge in [0.25, 0.3) is 0 Å². The zero-order valence-corrected chi connectivity index (χ0v) is 15.7. The maximum Gasteiger partial charge on any atom is 0.220 e. The first-order valence-electron chi connectivity index (χ1n) is 9.69. The SMILES string of the molecule is CCC(=O)NCc1cc2n(n1)CCN([C@@H]1CCN(c3ccc(F)cc3)C1)C2. The Labute approximate surface area is 158 Å². The van der Waals surface area contributed by atoms with Gasteiger partial charge in [0.1, 0.15) is 5.82 Å². The van der Waals surface area contributed by atoms with Crippen molar-refractivity contribution in [1.82, 2.24) is 20.0 Å². The summed E-state index contributed by atoms with van der Waals surface area (Å²) in [6, 6.07) is 9.39. The highest BCUT2D eigenvalue weighted by Gasteiger charge is 2.30. The molecule has 144 valence electrons. The molecule has 2 aliphatic heterocycles. The van der Waals surface area contributed by atoms with Crippen molar-refractivity contribution in [2.75, 3.05) is 24.5 Å². The topological polar surface area (TPSA) is 53.4 Å². The van der Waals surface area contributed by atoms with Crippen molar-refractivity contribution in [2.24, 2.45) is 0 Å². The summed E-state index contributed by atoms with van der Waals surface area (Å²) in [7, 11) is 0. The summed E-state index contributed by atoms with van der Waals surface area (Å²) >= 11 is 0. The minimum Gasteiger partial charge on any atom is -0.370 e. The number of nitrogens with zero attached hydrogens (tertiary/aromatic N) is 4. The van der Waals surface area contributed by atoms with Crippen molar-refractivity contribution < 1.29 is 9.18 Å². The van der Waals surface area contributed by atoms with Crippen LogP contribution < -0.4 is 10.2 Å². The Kier molecular flexibility index (Phi) is 5.11. The fraction of sp³-hybridized carbons (Fsp3) is 0.500. The number of carbonyl (C=O) groups is 1. The lowest BCUT2D eigenvalue weighted by molar-refractivity contribution is -0.120. The zero-order chi connectivity index (χ0) is 18.8. The highest BCUT2D eigenvalue weighted by Crippen LogP contribution is 2.26. The standard InChI is InChI=1S/C20H26FN5O/c1-2-20(27)22-12-16-11-19-14-25(9-10-26(19)23-16)18-7-8-24(13-18)17-5-3-15(21)4-6-17/h3-6,11,18H,2,7-10,12-14H2,1H3,(H,22,27)/t18-/m1/s1. The van der Waals surface area contributed by atoms with Crippen molar-refractivity contribution in [3.8, 4) is 0 Å². The summed E-state index contributed by atoms with van der Waals surface area (Å²) in [6.07, 6.45) is 1.61. The van der Waals surface area contributed by atoms with Crippen molar-refractivity contribution in [2.45, 2.75) is 45.4 Å². The van der Waals surface area contributed by atoms with E-state index in [1.54, 1.807) is 0 Å². The molecule has 1 fully saturated rings. The van der Waals surface area contributed by atoms with Gasteiger partial charge < -0.3 is 10.2 Å². The quantitative estimate of drug-likeness (QED) is 0.875. The summed E-state index contributed by atoms with van der Waals surface area (Å²) in [6.45, 7) is 7.06. The first-order chi connectivity index (χ1) is 13.1. The number of nitrogens with one attached hydrogen (secondary N) is 1. The molecule has 1 saturated heterocycles. The van der Waals surface area contributed by atoms with Gasteiger partial charge in [0.05, 0.1) is 24.5 Å². The smallest absolute Gasteiger partial charge is 0.220 e. The van der Waals surface area contributed by atoms with E-state index in [-0.39, 0.29) is 11.7 Å². The molecule has 1 aromatic carbocycles. The molecule has 6 nitrogen and oxygen atoms in total. The molecular weight excluding hydrogens is 345 g/mol. The van der Waals surface area contributed by atoms with Gasteiger partial charge in [-0.05, 0) is 36.8 Å². The third kappa shape index (κ3) is 3.98. The van der Waals surface area contributed by atoms with Crippen LogP contribution in [0.1, 0.15) is 31.2 Å². The number of hydrogen-bond acceptors (Lipinski definition) is 4. The van der Waals surface area contributed by atoms with E-state index < -0.39 is 0 Å². The molecule has 2 aliphatic rings. The molecule has 0 spiro atoms. The Morgan fingerprint density at radius 2 is 2.07 bits per heavy atom. The monoisotopic (exact) mass is 371 g/mol. The van der Waals surface area contributed by atoms with Crippen LogP contribution in [0.2, 0.25) is 0 Å². The van der Waals surface area contributed by atoms with Crippen LogP contribution in [0.3, 0.4) is 0 Å². The van der Waals surface area contributed by atoms with Gasteiger partial charge in [-0.2, -0.15) is 5.10 Å². The molecule has 2 aromatic rings. The normalized spacial score (nSPS) is 19.9. The number of anilines is 1. The van der Waals surface area contributed by atoms with Gasteiger partial charge in [-0.1, -0.05) is 6.92 Å². The Balaban J connectivity index is 1.36. The Bertz CT molecular complexity index is 803. The molecule has 3 heterocycles. The second-order valence-electron chi connectivity index (χ2n) is 7.32. The maximum absolute atomic E-state index is 13.1. The number of amides is 1. The van der Waals surface area contributed by atoms with Crippen molar-refractivity contribution in [3.05, 3.63) is 47.5 Å². The van der Waals surface area contributed by atoms with Crippen LogP contribution in [0.5, 0.6) is 0 Å². The lowest BCUT2D eigenvalue weighted by atomic mass is 10.2. The summed E-state index contributed by atoms with van der Waals surface area (Å²) < 4.78 is 15.2. The lowest BCUT2D eigenvalue weighted by Crippen LogP contribution is -2.42. The van der Waals surface area contributed by atoms with E-state index in [0.717, 1.165) is 50.5 Å². The number of carbonyl (C=O) groups excluding carboxylic acids is 1. The first-order valence-corrected chi connectivity index (χ1v) is 9.69. The van der Waals surface area contributed by atoms with Gasteiger partial charge in [-0.25, -0.2) is 4.39 Å². The average Bonchev–Trinajstić information content (AvgIpc) is 3.33. The van der Waals surface area contributed by atoms with Crippen LogP contribution in [0.15, 0.2) is 30.3 Å². The Hall–Kier alpha value is -2.41. The minimum atomic E-state index is -0.190. The van der Waals surface area contributed by atoms with Gasteiger partial charge in [0, 0.05) is 44.3 Å². The summed E-state index contributed by atoms with van der Waals surface area (Å²) in [5.74, 6) is -0.140. The van der Waals surface area contributed by atoms with Crippen LogP contribution in [-0.2, 0) is 24.4 Å². The molecule has 1 N–H and O–H groups in total. The highest BCUT2D eigenvalue weighted by atomic mass is 19.1. The van der Waals surface area contributed by atoms with Gasteiger partial charge >= 0.3 is 0 Å². The van der Waals surface area contributed by atoms with Crippen LogP contribution in [0.4, 0.5) is 10.1 Å². The van der Waals surface area contributed by atoms with E-state index in [4.69, 9.17) is 0 Å². The molecule has 27 heavy (non-hydrogen) atoms. The molecule has 1 aromatic heterocycles. The fourth-order valence-corrected chi connectivity index (χ4v) is 3.98. The molecule has 0 saturated carbocycles. The molecule has 0 bridgehead atoms. The van der Waals surface area contributed by atoms with E-state index >= 15 is 0 Å². The number of benzene rings is 1. The van der Waals surface area contributed by atoms with E-state index in [9.17, 15) is 9.18 Å². The second-order valence-corrected chi connectivity index (χ2v) is 7.32. The van der Waals surface area contributed by atoms with Crippen molar-refractivity contribution >= 4 is 11.6 Å². The molecule has 0 aliphatic carbocycles. The van der Waals surface area contributed by atoms with Crippen LogP contribution in [0, 0.1) is 5.82 Å². The summed E-state index contributed by atoms with van der Waals surface area (Å²) in [5, 5.41) is 7.51. The van der Waals surface area contributed by atoms with Gasteiger partial charge in [-0.15, -0.1) is 0 Å². The molecular formula is C20H26FN5O.